The van der Waals surface area contributed by atoms with E-state index in [-0.39, 0.29) is 11.7 Å². The molecule has 1 fully saturated rings. The lowest BCUT2D eigenvalue weighted by atomic mass is 10.1. The smallest absolute Gasteiger partial charge is 0.263 e. The Bertz CT molecular complexity index is 502. The molecule has 1 atom stereocenters. The first-order valence-electron chi connectivity index (χ1n) is 8.20. The van der Waals surface area contributed by atoms with Gasteiger partial charge in [-0.05, 0) is 44.0 Å². The number of carbonyl (C=O) groups is 2. The van der Waals surface area contributed by atoms with Crippen molar-refractivity contribution in [3.05, 3.63) is 29.8 Å². The molecule has 0 radical (unpaired) electrons. The zero-order valence-corrected chi connectivity index (χ0v) is 13.5. The van der Waals surface area contributed by atoms with Gasteiger partial charge in [0.2, 0.25) is 0 Å². The van der Waals surface area contributed by atoms with Gasteiger partial charge in [-0.25, -0.2) is 0 Å². The molecule has 0 bridgehead atoms. The summed E-state index contributed by atoms with van der Waals surface area (Å²) in [6.45, 7) is 5.29. The minimum absolute atomic E-state index is 0.0515. The van der Waals surface area contributed by atoms with Gasteiger partial charge in [0.25, 0.3) is 5.91 Å². The van der Waals surface area contributed by atoms with Crippen LogP contribution < -0.4 is 4.74 Å². The van der Waals surface area contributed by atoms with E-state index < -0.39 is 6.10 Å². The highest BCUT2D eigenvalue weighted by Gasteiger charge is 2.22. The molecule has 22 heavy (non-hydrogen) atoms. The molecule has 4 heteroatoms. The van der Waals surface area contributed by atoms with Crippen LogP contribution in [0.15, 0.2) is 24.3 Å². The van der Waals surface area contributed by atoms with Crippen LogP contribution in [0.2, 0.25) is 0 Å². The molecule has 0 saturated carbocycles. The van der Waals surface area contributed by atoms with Crippen molar-refractivity contribution in [2.45, 2.75) is 52.1 Å². The molecule has 4 nitrogen and oxygen atoms in total. The average Bonchev–Trinajstić information content (AvgIpc) is 2.83. The number of rotatable bonds is 5. The highest BCUT2D eigenvalue weighted by Crippen LogP contribution is 2.17. The van der Waals surface area contributed by atoms with Gasteiger partial charge in [-0.3, -0.25) is 9.59 Å². The predicted molar refractivity (Wildman–Crippen MR) is 86.2 cm³/mol. The second-order valence-electron chi connectivity index (χ2n) is 5.80. The van der Waals surface area contributed by atoms with Crippen molar-refractivity contribution in [1.82, 2.24) is 4.90 Å². The van der Waals surface area contributed by atoms with Gasteiger partial charge >= 0.3 is 0 Å². The van der Waals surface area contributed by atoms with Gasteiger partial charge in [-0.15, -0.1) is 0 Å². The van der Waals surface area contributed by atoms with Crippen LogP contribution in [0, 0.1) is 0 Å². The van der Waals surface area contributed by atoms with Crippen LogP contribution in [0.25, 0.3) is 0 Å². The van der Waals surface area contributed by atoms with E-state index in [0.29, 0.717) is 17.7 Å². The molecular formula is C18H25NO3. The summed E-state index contributed by atoms with van der Waals surface area (Å²) in [6.07, 6.45) is 4.55. The maximum Gasteiger partial charge on any atom is 0.263 e. The van der Waals surface area contributed by atoms with Gasteiger partial charge in [-0.1, -0.05) is 19.8 Å². The highest BCUT2D eigenvalue weighted by molar-refractivity contribution is 5.95. The molecule has 0 spiro atoms. The molecule has 1 aliphatic heterocycles. The highest BCUT2D eigenvalue weighted by atomic mass is 16.5. The van der Waals surface area contributed by atoms with Crippen LogP contribution in [0.1, 0.15) is 56.3 Å². The van der Waals surface area contributed by atoms with Gasteiger partial charge in [0, 0.05) is 25.1 Å². The van der Waals surface area contributed by atoms with Gasteiger partial charge in [-0.2, -0.15) is 0 Å². The van der Waals surface area contributed by atoms with Crippen molar-refractivity contribution in [2.24, 2.45) is 0 Å². The minimum atomic E-state index is -0.495. The second-order valence-corrected chi connectivity index (χ2v) is 5.80. The van der Waals surface area contributed by atoms with Crippen molar-refractivity contribution in [1.29, 1.82) is 0 Å². The van der Waals surface area contributed by atoms with Crippen LogP contribution in [0.3, 0.4) is 0 Å². The van der Waals surface area contributed by atoms with E-state index in [1.54, 1.807) is 31.2 Å². The van der Waals surface area contributed by atoms with Gasteiger partial charge in [0.1, 0.15) is 5.75 Å². The van der Waals surface area contributed by atoms with Crippen LogP contribution >= 0.6 is 0 Å². The van der Waals surface area contributed by atoms with E-state index in [1.807, 2.05) is 11.8 Å². The van der Waals surface area contributed by atoms with Gasteiger partial charge in [0.05, 0.1) is 0 Å². The van der Waals surface area contributed by atoms with E-state index in [2.05, 4.69) is 0 Å². The summed E-state index contributed by atoms with van der Waals surface area (Å²) in [5, 5.41) is 0. The largest absolute Gasteiger partial charge is 0.481 e. The van der Waals surface area contributed by atoms with Crippen molar-refractivity contribution < 1.29 is 14.3 Å². The number of ketones is 1. The first kappa shape index (κ1) is 16.5. The zero-order chi connectivity index (χ0) is 15.9. The molecule has 0 aromatic heterocycles. The number of hydrogen-bond donors (Lipinski definition) is 0. The number of benzene rings is 1. The third kappa shape index (κ3) is 4.33. The number of nitrogens with zero attached hydrogens (tertiary/aromatic N) is 1. The Morgan fingerprint density at radius 2 is 1.68 bits per heavy atom. The molecule has 2 rings (SSSR count). The minimum Gasteiger partial charge on any atom is -0.481 e. The lowest BCUT2D eigenvalue weighted by molar-refractivity contribution is -0.137. The third-order valence-corrected chi connectivity index (χ3v) is 4.08. The van der Waals surface area contributed by atoms with E-state index >= 15 is 0 Å². The zero-order valence-electron chi connectivity index (χ0n) is 13.5. The molecule has 0 aliphatic carbocycles. The molecule has 120 valence electrons. The van der Waals surface area contributed by atoms with E-state index in [9.17, 15) is 9.59 Å². The molecule has 1 unspecified atom stereocenters. The molecule has 1 heterocycles. The first-order chi connectivity index (χ1) is 10.6. The lowest BCUT2D eigenvalue weighted by Gasteiger charge is -2.24. The number of carbonyl (C=O) groups excluding carboxylic acids is 2. The van der Waals surface area contributed by atoms with Crippen molar-refractivity contribution in [2.75, 3.05) is 13.1 Å². The van der Waals surface area contributed by atoms with E-state index in [4.69, 9.17) is 4.74 Å². The van der Waals surface area contributed by atoms with Crippen LogP contribution in [0.5, 0.6) is 5.75 Å². The molecule has 1 aromatic rings. The normalized spacial score (nSPS) is 16.7. The number of amides is 1. The fourth-order valence-electron chi connectivity index (χ4n) is 2.73. The fourth-order valence-corrected chi connectivity index (χ4v) is 2.73. The molecule has 1 saturated heterocycles. The Balaban J connectivity index is 1.94. The molecule has 0 N–H and O–H groups in total. The van der Waals surface area contributed by atoms with E-state index in [0.717, 1.165) is 25.9 Å². The quantitative estimate of drug-likeness (QED) is 0.783. The van der Waals surface area contributed by atoms with Gasteiger partial charge < -0.3 is 9.64 Å². The Morgan fingerprint density at radius 1 is 1.09 bits per heavy atom. The maximum absolute atomic E-state index is 12.4. The average molecular weight is 303 g/mol. The number of hydrogen-bond acceptors (Lipinski definition) is 3. The molecule has 1 aliphatic rings. The van der Waals surface area contributed by atoms with Crippen molar-refractivity contribution >= 4 is 11.7 Å². The second kappa shape index (κ2) is 7.97. The summed E-state index contributed by atoms with van der Waals surface area (Å²) >= 11 is 0. The van der Waals surface area contributed by atoms with Crippen LogP contribution in [-0.4, -0.2) is 35.8 Å². The summed E-state index contributed by atoms with van der Waals surface area (Å²) in [5.74, 6) is 0.791. The topological polar surface area (TPSA) is 46.6 Å². The maximum atomic E-state index is 12.4. The Hall–Kier alpha value is -1.84. The predicted octanol–water partition coefficient (Wildman–Crippen LogP) is 3.45. The lowest BCUT2D eigenvalue weighted by Crippen LogP contribution is -2.40. The van der Waals surface area contributed by atoms with Crippen molar-refractivity contribution in [3.63, 3.8) is 0 Å². The van der Waals surface area contributed by atoms with E-state index in [1.165, 1.54) is 12.8 Å². The summed E-state index contributed by atoms with van der Waals surface area (Å²) in [5.41, 5.74) is 0.682. The number of ether oxygens (including phenoxy) is 1. The molecular weight excluding hydrogens is 278 g/mol. The summed E-state index contributed by atoms with van der Waals surface area (Å²) in [4.78, 5) is 25.9. The number of likely N-dealkylation sites (tertiary alicyclic amines) is 1. The Labute approximate surface area is 132 Å². The fraction of sp³-hybridized carbons (Fsp3) is 0.556. The first-order valence-corrected chi connectivity index (χ1v) is 8.20. The number of Topliss-reactive ketones (excluding diaryl/α,β-unsaturated/α-hetero) is 1. The monoisotopic (exact) mass is 303 g/mol. The van der Waals surface area contributed by atoms with Crippen LogP contribution in [0.4, 0.5) is 0 Å². The van der Waals surface area contributed by atoms with Crippen LogP contribution in [-0.2, 0) is 4.79 Å². The summed E-state index contributed by atoms with van der Waals surface area (Å²) < 4.78 is 5.74. The Morgan fingerprint density at radius 3 is 2.23 bits per heavy atom. The summed E-state index contributed by atoms with van der Waals surface area (Å²) in [6, 6.07) is 7.03. The molecule has 1 aromatic carbocycles. The SMILES string of the molecule is CCC(=O)c1ccc(OC(C)C(=O)N2CCCCCC2)cc1. The van der Waals surface area contributed by atoms with Gasteiger partial charge in [0.15, 0.2) is 11.9 Å². The Kier molecular flexibility index (Phi) is 5.99. The van der Waals surface area contributed by atoms with Crippen molar-refractivity contribution in [3.8, 4) is 5.75 Å². The summed E-state index contributed by atoms with van der Waals surface area (Å²) in [7, 11) is 0. The standard InChI is InChI=1S/C18H25NO3/c1-3-17(20)15-8-10-16(11-9-15)22-14(2)18(21)19-12-6-4-5-7-13-19/h8-11,14H,3-7,12-13H2,1-2H3. The third-order valence-electron chi connectivity index (χ3n) is 4.08. The molecule has 1 amide bonds.